The number of nitrogens with zero attached hydrogens (tertiary/aromatic N) is 4. The van der Waals surface area contributed by atoms with Gasteiger partial charge in [0, 0.05) is 43.3 Å². The lowest BCUT2D eigenvalue weighted by atomic mass is 9.78. The van der Waals surface area contributed by atoms with E-state index < -0.39 is 0 Å². The summed E-state index contributed by atoms with van der Waals surface area (Å²) in [6, 6.07) is 9.76. The number of fused-ring (bicyclic) bond motifs is 3. The third-order valence-electron chi connectivity index (χ3n) is 6.52. The van der Waals surface area contributed by atoms with E-state index in [4.69, 9.17) is 4.98 Å². The molecule has 2 aliphatic rings. The van der Waals surface area contributed by atoms with Crippen LogP contribution in [0.15, 0.2) is 42.9 Å². The number of aromatic nitrogens is 3. The zero-order valence-electron chi connectivity index (χ0n) is 16.2. The normalized spacial score (nSPS) is 19.1. The average Bonchev–Trinajstić information content (AvgIpc) is 3.24. The van der Waals surface area contributed by atoms with Gasteiger partial charge in [0.1, 0.15) is 0 Å². The molecule has 6 nitrogen and oxygen atoms in total. The van der Waals surface area contributed by atoms with Gasteiger partial charge in [0.2, 0.25) is 0 Å². The topological polar surface area (TPSA) is 65.1 Å². The molecule has 144 valence electrons. The first-order valence-corrected chi connectivity index (χ1v) is 10.1. The number of benzene rings is 1. The molecule has 5 rings (SSSR count). The smallest absolute Gasteiger partial charge is 0.256 e. The number of para-hydroxylation sites is 1. The summed E-state index contributed by atoms with van der Waals surface area (Å²) < 4.78 is 0. The highest BCUT2D eigenvalue weighted by Crippen LogP contribution is 2.42. The fraction of sp³-hybridized carbons (Fsp3) is 0.409. The van der Waals surface area contributed by atoms with Crippen LogP contribution in [0.1, 0.15) is 41.5 Å². The Labute approximate surface area is 164 Å². The average molecular weight is 375 g/mol. The molecule has 2 aliphatic heterocycles. The molecule has 4 heterocycles. The van der Waals surface area contributed by atoms with Crippen molar-refractivity contribution in [2.45, 2.75) is 31.7 Å². The van der Waals surface area contributed by atoms with Gasteiger partial charge in [-0.15, -0.1) is 0 Å². The number of nitrogens with one attached hydrogen (secondary N) is 1. The van der Waals surface area contributed by atoms with Gasteiger partial charge in [0.25, 0.3) is 5.91 Å². The van der Waals surface area contributed by atoms with Crippen LogP contribution < -0.4 is 0 Å². The minimum absolute atomic E-state index is 0.0455. The Kier molecular flexibility index (Phi) is 4.16. The molecule has 0 radical (unpaired) electrons. The summed E-state index contributed by atoms with van der Waals surface area (Å²) in [5.41, 5.74) is 3.90. The lowest BCUT2D eigenvalue weighted by Gasteiger charge is -2.50. The van der Waals surface area contributed by atoms with E-state index in [0.29, 0.717) is 5.56 Å². The van der Waals surface area contributed by atoms with Crippen LogP contribution in [0.4, 0.5) is 0 Å². The number of piperidine rings is 1. The molecular weight excluding hydrogens is 350 g/mol. The van der Waals surface area contributed by atoms with Crippen LogP contribution in [0.3, 0.4) is 0 Å². The van der Waals surface area contributed by atoms with E-state index in [9.17, 15) is 4.79 Å². The molecule has 0 bridgehead atoms. The number of carbonyl (C=O) groups is 1. The summed E-state index contributed by atoms with van der Waals surface area (Å²) in [5.74, 6) is 0.0836. The summed E-state index contributed by atoms with van der Waals surface area (Å²) in [5, 5.41) is 1.01. The van der Waals surface area contributed by atoms with Gasteiger partial charge in [-0.3, -0.25) is 14.7 Å². The number of carbonyl (C=O) groups excluding carboxylic acids is 1. The Morgan fingerprint density at radius 2 is 1.96 bits per heavy atom. The summed E-state index contributed by atoms with van der Waals surface area (Å²) in [6.07, 6.45) is 6.44. The summed E-state index contributed by atoms with van der Waals surface area (Å²) in [6.45, 7) is 5.76. The molecule has 1 fully saturated rings. The van der Waals surface area contributed by atoms with Crippen molar-refractivity contribution in [3.63, 3.8) is 0 Å². The fourth-order valence-corrected chi connectivity index (χ4v) is 5.06. The first-order valence-electron chi connectivity index (χ1n) is 10.1. The van der Waals surface area contributed by atoms with Gasteiger partial charge < -0.3 is 9.88 Å². The predicted octanol–water partition coefficient (Wildman–Crippen LogP) is 2.97. The van der Waals surface area contributed by atoms with Crippen LogP contribution in [0, 0.1) is 0 Å². The highest BCUT2D eigenvalue weighted by molar-refractivity contribution is 6.05. The lowest BCUT2D eigenvalue weighted by Crippen LogP contribution is -2.57. The van der Waals surface area contributed by atoms with Crippen LogP contribution in [0.25, 0.3) is 10.9 Å². The molecule has 3 aromatic rings. The molecule has 0 atom stereocenters. The third kappa shape index (κ3) is 2.55. The molecule has 6 heteroatoms. The van der Waals surface area contributed by atoms with Gasteiger partial charge >= 0.3 is 0 Å². The van der Waals surface area contributed by atoms with Crippen molar-refractivity contribution in [1.29, 1.82) is 0 Å². The minimum atomic E-state index is -0.0455. The van der Waals surface area contributed by atoms with Gasteiger partial charge in [-0.2, -0.15) is 0 Å². The Bertz CT molecular complexity index is 1010. The second-order valence-electron chi connectivity index (χ2n) is 7.76. The molecule has 0 aliphatic carbocycles. The van der Waals surface area contributed by atoms with E-state index in [-0.39, 0.29) is 11.4 Å². The maximum Gasteiger partial charge on any atom is 0.256 e. The van der Waals surface area contributed by atoms with E-state index in [0.717, 1.165) is 56.3 Å². The second kappa shape index (κ2) is 6.71. The van der Waals surface area contributed by atoms with Crippen molar-refractivity contribution in [2.75, 3.05) is 26.2 Å². The van der Waals surface area contributed by atoms with Gasteiger partial charge in [0.15, 0.2) is 0 Å². The zero-order valence-corrected chi connectivity index (χ0v) is 16.2. The molecule has 1 amide bonds. The van der Waals surface area contributed by atoms with Gasteiger partial charge in [-0.1, -0.05) is 25.1 Å². The van der Waals surface area contributed by atoms with E-state index in [1.54, 1.807) is 6.20 Å². The molecule has 1 saturated heterocycles. The Balaban J connectivity index is 1.42. The number of likely N-dealkylation sites (N-methyl/N-ethyl adjacent to an activating group) is 1. The van der Waals surface area contributed by atoms with Crippen LogP contribution in [-0.2, 0) is 12.0 Å². The highest BCUT2D eigenvalue weighted by Gasteiger charge is 2.46. The standard InChI is InChI=1S/C22H25N5O/c1-2-27-12-8-18-20(25-15-24-18)22(27)9-13-26(14-10-22)21(28)17-7-3-5-16-6-4-11-23-19(16)17/h3-7,11,15H,2,8-10,12-14H2,1H3,(H,24,25). The van der Waals surface area contributed by atoms with Gasteiger partial charge in [-0.05, 0) is 31.5 Å². The van der Waals surface area contributed by atoms with Crippen molar-refractivity contribution in [2.24, 2.45) is 0 Å². The van der Waals surface area contributed by atoms with Gasteiger partial charge in [0.05, 0.1) is 28.6 Å². The van der Waals surface area contributed by atoms with Crippen molar-refractivity contribution in [1.82, 2.24) is 24.8 Å². The third-order valence-corrected chi connectivity index (χ3v) is 6.52. The maximum absolute atomic E-state index is 13.3. The molecule has 1 N–H and O–H groups in total. The number of hydrogen-bond acceptors (Lipinski definition) is 4. The van der Waals surface area contributed by atoms with Crippen LogP contribution >= 0.6 is 0 Å². The first-order chi connectivity index (χ1) is 13.7. The summed E-state index contributed by atoms with van der Waals surface area (Å²) >= 11 is 0. The second-order valence-corrected chi connectivity index (χ2v) is 7.76. The predicted molar refractivity (Wildman–Crippen MR) is 108 cm³/mol. The number of H-pyrrole nitrogens is 1. The van der Waals surface area contributed by atoms with E-state index in [2.05, 4.69) is 21.8 Å². The van der Waals surface area contributed by atoms with Crippen molar-refractivity contribution >= 4 is 16.8 Å². The van der Waals surface area contributed by atoms with Crippen LogP contribution in [0.5, 0.6) is 0 Å². The SMILES string of the molecule is CCN1CCc2[nH]cnc2C12CCN(C(=O)c1cccc3cccnc13)CC2. The lowest BCUT2D eigenvalue weighted by molar-refractivity contribution is 0.0103. The summed E-state index contributed by atoms with van der Waals surface area (Å²) in [7, 11) is 0. The largest absolute Gasteiger partial charge is 0.348 e. The number of aromatic amines is 1. The molecule has 1 spiro atoms. The summed E-state index contributed by atoms with van der Waals surface area (Å²) in [4.78, 5) is 30.3. The molecule has 1 aromatic carbocycles. The Morgan fingerprint density at radius 1 is 1.14 bits per heavy atom. The fourth-order valence-electron chi connectivity index (χ4n) is 5.06. The molecular formula is C22H25N5O. The molecule has 0 saturated carbocycles. The number of rotatable bonds is 2. The van der Waals surface area contributed by atoms with Crippen LogP contribution in [-0.4, -0.2) is 56.8 Å². The number of pyridine rings is 1. The van der Waals surface area contributed by atoms with Gasteiger partial charge in [-0.25, -0.2) is 4.98 Å². The van der Waals surface area contributed by atoms with Crippen molar-refractivity contribution < 1.29 is 4.79 Å². The Hall–Kier alpha value is -2.73. The zero-order chi connectivity index (χ0) is 19.1. The number of imidazole rings is 1. The Morgan fingerprint density at radius 3 is 2.79 bits per heavy atom. The molecule has 28 heavy (non-hydrogen) atoms. The number of amides is 1. The minimum Gasteiger partial charge on any atom is -0.348 e. The number of likely N-dealkylation sites (tertiary alicyclic amines) is 1. The van der Waals surface area contributed by atoms with Crippen molar-refractivity contribution in [3.05, 3.63) is 59.8 Å². The van der Waals surface area contributed by atoms with Crippen molar-refractivity contribution in [3.8, 4) is 0 Å². The quantitative estimate of drug-likeness (QED) is 0.748. The van der Waals surface area contributed by atoms with Crippen LogP contribution in [0.2, 0.25) is 0 Å². The molecule has 2 aromatic heterocycles. The van der Waals surface area contributed by atoms with E-state index in [1.165, 1.54) is 11.4 Å². The number of hydrogen-bond donors (Lipinski definition) is 1. The van der Waals surface area contributed by atoms with E-state index in [1.807, 2.05) is 41.6 Å². The maximum atomic E-state index is 13.3. The highest BCUT2D eigenvalue weighted by atomic mass is 16.2. The van der Waals surface area contributed by atoms with E-state index >= 15 is 0 Å². The first kappa shape index (κ1) is 17.4. The molecule has 0 unspecified atom stereocenters. The monoisotopic (exact) mass is 375 g/mol.